The topological polar surface area (TPSA) is 75.4 Å². The maximum Gasteiger partial charge on any atom is 0.218 e. The van der Waals surface area contributed by atoms with Crippen LogP contribution in [-0.4, -0.2) is 37.9 Å². The van der Waals surface area contributed by atoms with E-state index >= 15 is 0 Å². The van der Waals surface area contributed by atoms with Gasteiger partial charge in [-0.25, -0.2) is 8.42 Å². The molecule has 3 N–H and O–H groups in total. The minimum atomic E-state index is -3.30. The van der Waals surface area contributed by atoms with Gasteiger partial charge in [-0.05, 0) is 47.5 Å². The summed E-state index contributed by atoms with van der Waals surface area (Å²) in [6, 6.07) is 5.59. The Labute approximate surface area is 128 Å². The maximum atomic E-state index is 12.5. The molecule has 0 radical (unpaired) electrons. The summed E-state index contributed by atoms with van der Waals surface area (Å²) in [5, 5.41) is 3.33. The number of hydrogen-bond donors (Lipinski definition) is 2. The van der Waals surface area contributed by atoms with Crippen LogP contribution in [0.5, 0.6) is 0 Å². The first kappa shape index (κ1) is 15.8. The molecule has 2 rings (SSSR count). The Morgan fingerprint density at radius 3 is 2.50 bits per heavy atom. The monoisotopic (exact) mass is 361 g/mol. The van der Waals surface area contributed by atoms with Crippen molar-refractivity contribution >= 4 is 31.6 Å². The fourth-order valence-corrected chi connectivity index (χ4v) is 4.58. The van der Waals surface area contributed by atoms with Crippen LogP contribution in [0, 0.1) is 0 Å². The molecule has 1 fully saturated rings. The summed E-state index contributed by atoms with van der Waals surface area (Å²) in [5.41, 5.74) is 7.06. The van der Waals surface area contributed by atoms with Gasteiger partial charge in [0.15, 0.2) is 0 Å². The van der Waals surface area contributed by atoms with Crippen molar-refractivity contribution in [2.24, 2.45) is 0 Å². The number of halogens is 1. The zero-order valence-corrected chi connectivity index (χ0v) is 14.0. The second-order valence-corrected chi connectivity index (χ2v) is 8.22. The zero-order chi connectivity index (χ0) is 14.9. The SMILES string of the molecule is C[C@@H]1CN(S(=O)(=O)Cc2ccc(N)c(Br)c2)C[C@H](C)N1. The van der Waals surface area contributed by atoms with E-state index < -0.39 is 10.0 Å². The Morgan fingerprint density at radius 2 is 1.95 bits per heavy atom. The average Bonchev–Trinajstić information content (AvgIpc) is 2.32. The van der Waals surface area contributed by atoms with Crippen molar-refractivity contribution < 1.29 is 8.42 Å². The van der Waals surface area contributed by atoms with Crippen LogP contribution in [0.25, 0.3) is 0 Å². The molecule has 5 nitrogen and oxygen atoms in total. The van der Waals surface area contributed by atoms with E-state index in [1.807, 2.05) is 13.8 Å². The Balaban J connectivity index is 2.16. The summed E-state index contributed by atoms with van der Waals surface area (Å²) in [5.74, 6) is 0.00528. The van der Waals surface area contributed by atoms with Crippen molar-refractivity contribution in [1.82, 2.24) is 9.62 Å². The van der Waals surface area contributed by atoms with E-state index in [4.69, 9.17) is 5.73 Å². The van der Waals surface area contributed by atoms with Crippen LogP contribution in [0.2, 0.25) is 0 Å². The Bertz CT molecular complexity index is 581. The summed E-state index contributed by atoms with van der Waals surface area (Å²) < 4.78 is 27.3. The van der Waals surface area contributed by atoms with Crippen LogP contribution in [0.4, 0.5) is 5.69 Å². The minimum absolute atomic E-state index is 0.00528. The van der Waals surface area contributed by atoms with Crippen LogP contribution in [0.15, 0.2) is 22.7 Å². The molecule has 1 aliphatic heterocycles. The number of sulfonamides is 1. The Kier molecular flexibility index (Phi) is 4.73. The minimum Gasteiger partial charge on any atom is -0.398 e. The number of benzene rings is 1. The van der Waals surface area contributed by atoms with Crippen molar-refractivity contribution in [3.05, 3.63) is 28.2 Å². The number of nitrogens with two attached hydrogens (primary N) is 1. The summed E-state index contributed by atoms with van der Waals surface area (Å²) in [7, 11) is -3.30. The molecule has 2 atom stereocenters. The van der Waals surface area contributed by atoms with Gasteiger partial charge in [0.05, 0.1) is 5.75 Å². The molecule has 0 amide bonds. The van der Waals surface area contributed by atoms with Crippen LogP contribution < -0.4 is 11.1 Å². The van der Waals surface area contributed by atoms with Gasteiger partial charge >= 0.3 is 0 Å². The number of piperazine rings is 1. The highest BCUT2D eigenvalue weighted by molar-refractivity contribution is 9.10. The standard InChI is InChI=1S/C13H20BrN3O2S/c1-9-6-17(7-10(2)16-9)20(18,19)8-11-3-4-13(15)12(14)5-11/h3-5,9-10,16H,6-8,15H2,1-2H3/t9-,10+. The van der Waals surface area contributed by atoms with Crippen molar-refractivity contribution in [1.29, 1.82) is 0 Å². The first-order chi connectivity index (χ1) is 9.28. The van der Waals surface area contributed by atoms with Gasteiger partial charge in [0.2, 0.25) is 10.0 Å². The van der Waals surface area contributed by atoms with Gasteiger partial charge in [-0.15, -0.1) is 0 Å². The quantitative estimate of drug-likeness (QED) is 0.800. The lowest BCUT2D eigenvalue weighted by Crippen LogP contribution is -2.55. The van der Waals surface area contributed by atoms with Crippen LogP contribution in [-0.2, 0) is 15.8 Å². The van der Waals surface area contributed by atoms with E-state index in [1.54, 1.807) is 22.5 Å². The Hall–Kier alpha value is -0.630. The summed E-state index contributed by atoms with van der Waals surface area (Å²) in [4.78, 5) is 0. The fourth-order valence-electron chi connectivity index (χ4n) is 2.47. The second kappa shape index (κ2) is 6.01. The third kappa shape index (κ3) is 3.72. The first-order valence-electron chi connectivity index (χ1n) is 6.55. The Morgan fingerprint density at radius 1 is 1.35 bits per heavy atom. The predicted octanol–water partition coefficient (Wildman–Crippen LogP) is 1.54. The van der Waals surface area contributed by atoms with Crippen molar-refractivity contribution in [3.8, 4) is 0 Å². The summed E-state index contributed by atoms with van der Waals surface area (Å²) >= 11 is 3.33. The number of rotatable bonds is 3. The number of nitrogen functional groups attached to an aromatic ring is 1. The molecule has 0 spiro atoms. The molecule has 7 heteroatoms. The smallest absolute Gasteiger partial charge is 0.218 e. The van der Waals surface area contributed by atoms with Gasteiger partial charge in [0, 0.05) is 35.3 Å². The largest absolute Gasteiger partial charge is 0.398 e. The lowest BCUT2D eigenvalue weighted by molar-refractivity contribution is 0.262. The molecule has 0 saturated carbocycles. The fraction of sp³-hybridized carbons (Fsp3) is 0.538. The van der Waals surface area contributed by atoms with Gasteiger partial charge in [-0.2, -0.15) is 4.31 Å². The van der Waals surface area contributed by atoms with Crippen molar-refractivity contribution in [2.45, 2.75) is 31.7 Å². The normalized spacial score (nSPS) is 24.8. The highest BCUT2D eigenvalue weighted by Gasteiger charge is 2.30. The van der Waals surface area contributed by atoms with Crippen LogP contribution in [0.1, 0.15) is 19.4 Å². The van der Waals surface area contributed by atoms with Gasteiger partial charge in [-0.3, -0.25) is 0 Å². The second-order valence-electron chi connectivity index (χ2n) is 5.40. The van der Waals surface area contributed by atoms with Gasteiger partial charge in [0.25, 0.3) is 0 Å². The summed E-state index contributed by atoms with van der Waals surface area (Å²) in [6.45, 7) is 5.03. The highest BCUT2D eigenvalue weighted by atomic mass is 79.9. The third-order valence-corrected chi connectivity index (χ3v) is 5.80. The molecule has 1 saturated heterocycles. The highest BCUT2D eigenvalue weighted by Crippen LogP contribution is 2.23. The molecule has 1 aromatic carbocycles. The molecule has 20 heavy (non-hydrogen) atoms. The first-order valence-corrected chi connectivity index (χ1v) is 8.96. The number of anilines is 1. The van der Waals surface area contributed by atoms with Gasteiger partial charge < -0.3 is 11.1 Å². The molecule has 0 bridgehead atoms. The molecule has 1 heterocycles. The average molecular weight is 362 g/mol. The molecule has 112 valence electrons. The van der Waals surface area contributed by atoms with E-state index in [2.05, 4.69) is 21.2 Å². The van der Waals surface area contributed by atoms with Crippen LogP contribution in [0.3, 0.4) is 0 Å². The molecule has 0 aliphatic carbocycles. The van der Waals surface area contributed by atoms with E-state index in [0.717, 1.165) is 10.0 Å². The lowest BCUT2D eigenvalue weighted by atomic mass is 10.2. The van der Waals surface area contributed by atoms with Crippen LogP contribution >= 0.6 is 15.9 Å². The van der Waals surface area contributed by atoms with Gasteiger partial charge in [-0.1, -0.05) is 6.07 Å². The maximum absolute atomic E-state index is 12.5. The van der Waals surface area contributed by atoms with E-state index in [1.165, 1.54) is 0 Å². The number of nitrogens with zero attached hydrogens (tertiary/aromatic N) is 1. The van der Waals surface area contributed by atoms with Crippen molar-refractivity contribution in [3.63, 3.8) is 0 Å². The molecule has 1 aliphatic rings. The van der Waals surface area contributed by atoms with Gasteiger partial charge in [0.1, 0.15) is 0 Å². The molecule has 0 unspecified atom stereocenters. The van der Waals surface area contributed by atoms with Crippen molar-refractivity contribution in [2.75, 3.05) is 18.8 Å². The summed E-state index contributed by atoms with van der Waals surface area (Å²) in [6.07, 6.45) is 0. The molecular formula is C13H20BrN3O2S. The van der Waals surface area contributed by atoms with E-state index in [9.17, 15) is 8.42 Å². The lowest BCUT2D eigenvalue weighted by Gasteiger charge is -2.35. The third-order valence-electron chi connectivity index (χ3n) is 3.33. The molecule has 1 aromatic rings. The van der Waals surface area contributed by atoms with E-state index in [0.29, 0.717) is 18.8 Å². The number of hydrogen-bond acceptors (Lipinski definition) is 4. The number of nitrogens with one attached hydrogen (secondary N) is 1. The van der Waals surface area contributed by atoms with E-state index in [-0.39, 0.29) is 17.8 Å². The molecular weight excluding hydrogens is 342 g/mol. The molecule has 0 aromatic heterocycles. The zero-order valence-electron chi connectivity index (χ0n) is 11.6. The predicted molar refractivity (Wildman–Crippen MR) is 84.8 cm³/mol.